The van der Waals surface area contributed by atoms with Crippen molar-refractivity contribution in [3.63, 3.8) is 0 Å². The van der Waals surface area contributed by atoms with Crippen molar-refractivity contribution in [2.45, 2.75) is 32.2 Å². The van der Waals surface area contributed by atoms with Crippen LogP contribution in [0.5, 0.6) is 11.5 Å². The number of carbonyl (C=O) groups excluding carboxylic acids is 1. The highest BCUT2D eigenvalue weighted by atomic mass is 32.2. The predicted octanol–water partition coefficient (Wildman–Crippen LogP) is 0.206. The Kier molecular flexibility index (Phi) is 7.18. The first-order chi connectivity index (χ1) is 13.9. The molecule has 0 spiro atoms. The van der Waals surface area contributed by atoms with Crippen LogP contribution in [-0.4, -0.2) is 64.3 Å². The molecule has 1 atom stereocenters. The van der Waals surface area contributed by atoms with Crippen LogP contribution in [0.1, 0.15) is 25.3 Å². The number of amides is 1. The van der Waals surface area contributed by atoms with E-state index in [0.717, 1.165) is 23.5 Å². The molecule has 160 valence electrons. The first-order valence-corrected chi connectivity index (χ1v) is 11.7. The molecule has 0 radical (unpaired) electrons. The van der Waals surface area contributed by atoms with E-state index in [9.17, 15) is 13.2 Å². The number of carbonyl (C=O) groups is 1. The molecule has 0 saturated carbocycles. The molecule has 29 heavy (non-hydrogen) atoms. The fraction of sp³-hybridized carbons (Fsp3) is 0.579. The molecule has 9 nitrogen and oxygen atoms in total. The minimum Gasteiger partial charge on any atom is -0.454 e. The average molecular weight is 425 g/mol. The molecule has 1 saturated heterocycles. The van der Waals surface area contributed by atoms with Gasteiger partial charge in [-0.15, -0.1) is 0 Å². The topological polar surface area (TPSA) is 118 Å². The van der Waals surface area contributed by atoms with E-state index in [2.05, 4.69) is 20.9 Å². The van der Waals surface area contributed by atoms with Gasteiger partial charge in [-0.3, -0.25) is 9.79 Å². The Morgan fingerprint density at radius 3 is 2.83 bits per heavy atom. The SMILES string of the molecule is CCNC(=NCCC(=O)NC1CCS(=O)(=O)C1)NCCc1ccc2c(c1)OCO2. The number of guanidine groups is 1. The van der Waals surface area contributed by atoms with E-state index in [1.165, 1.54) is 0 Å². The summed E-state index contributed by atoms with van der Waals surface area (Å²) < 4.78 is 33.6. The Balaban J connectivity index is 1.40. The van der Waals surface area contributed by atoms with Crippen molar-refractivity contribution >= 4 is 21.7 Å². The standard InChI is InChI=1S/C19H28N4O5S/c1-2-20-19(21-8-5-14-3-4-16-17(11-14)28-13-27-16)22-9-6-18(24)23-15-7-10-29(25,26)12-15/h3-4,11,15H,2,5-10,12-13H2,1H3,(H,23,24)(H2,20,21,22). The summed E-state index contributed by atoms with van der Waals surface area (Å²) in [7, 11) is -3.00. The van der Waals surface area contributed by atoms with Crippen molar-refractivity contribution in [1.29, 1.82) is 0 Å². The molecule has 1 aromatic rings. The van der Waals surface area contributed by atoms with Crippen molar-refractivity contribution < 1.29 is 22.7 Å². The Morgan fingerprint density at radius 1 is 1.24 bits per heavy atom. The Morgan fingerprint density at radius 2 is 2.07 bits per heavy atom. The van der Waals surface area contributed by atoms with E-state index in [1.807, 2.05) is 25.1 Å². The molecule has 2 heterocycles. The molecular formula is C19H28N4O5S. The smallest absolute Gasteiger partial charge is 0.231 e. The third-order valence-electron chi connectivity index (χ3n) is 4.69. The summed E-state index contributed by atoms with van der Waals surface area (Å²) in [6.07, 6.45) is 1.49. The van der Waals surface area contributed by atoms with Gasteiger partial charge in [0, 0.05) is 25.6 Å². The summed E-state index contributed by atoms with van der Waals surface area (Å²) in [5, 5.41) is 9.18. The fourth-order valence-corrected chi connectivity index (χ4v) is 4.91. The van der Waals surface area contributed by atoms with E-state index in [-0.39, 0.29) is 36.7 Å². The highest BCUT2D eigenvalue weighted by Crippen LogP contribution is 2.32. The molecule has 1 aromatic carbocycles. The van der Waals surface area contributed by atoms with Crippen LogP contribution in [0.3, 0.4) is 0 Å². The molecule has 1 amide bonds. The average Bonchev–Trinajstić information content (AvgIpc) is 3.27. The van der Waals surface area contributed by atoms with Crippen molar-refractivity contribution in [3.05, 3.63) is 23.8 Å². The summed E-state index contributed by atoms with van der Waals surface area (Å²) in [5.41, 5.74) is 1.13. The van der Waals surface area contributed by atoms with Gasteiger partial charge in [0.25, 0.3) is 0 Å². The lowest BCUT2D eigenvalue weighted by molar-refractivity contribution is -0.121. The number of nitrogens with one attached hydrogen (secondary N) is 3. The number of hydrogen-bond donors (Lipinski definition) is 3. The maximum atomic E-state index is 12.0. The predicted molar refractivity (Wildman–Crippen MR) is 110 cm³/mol. The van der Waals surface area contributed by atoms with Gasteiger partial charge >= 0.3 is 0 Å². The van der Waals surface area contributed by atoms with Crippen LogP contribution in [0, 0.1) is 0 Å². The summed E-state index contributed by atoms with van der Waals surface area (Å²) in [6.45, 7) is 3.95. The Hall–Kier alpha value is -2.49. The minimum atomic E-state index is -3.00. The monoisotopic (exact) mass is 424 g/mol. The number of aliphatic imine (C=N–C) groups is 1. The van der Waals surface area contributed by atoms with Crippen LogP contribution in [-0.2, 0) is 21.1 Å². The number of benzene rings is 1. The number of rotatable bonds is 8. The lowest BCUT2D eigenvalue weighted by Crippen LogP contribution is -2.39. The second-order valence-electron chi connectivity index (χ2n) is 7.04. The number of ether oxygens (including phenoxy) is 2. The number of nitrogens with zero attached hydrogens (tertiary/aromatic N) is 1. The number of hydrogen-bond acceptors (Lipinski definition) is 6. The van der Waals surface area contributed by atoms with E-state index in [4.69, 9.17) is 9.47 Å². The highest BCUT2D eigenvalue weighted by molar-refractivity contribution is 7.91. The zero-order valence-electron chi connectivity index (χ0n) is 16.6. The molecule has 1 fully saturated rings. The van der Waals surface area contributed by atoms with Gasteiger partial charge in [-0.2, -0.15) is 0 Å². The van der Waals surface area contributed by atoms with Gasteiger partial charge in [0.15, 0.2) is 27.3 Å². The van der Waals surface area contributed by atoms with E-state index in [0.29, 0.717) is 32.0 Å². The second kappa shape index (κ2) is 9.82. The molecule has 0 bridgehead atoms. The molecule has 3 N–H and O–H groups in total. The Bertz CT molecular complexity index is 856. The normalized spacial score (nSPS) is 19.8. The van der Waals surface area contributed by atoms with Crippen LogP contribution >= 0.6 is 0 Å². The van der Waals surface area contributed by atoms with Crippen LogP contribution < -0.4 is 25.4 Å². The van der Waals surface area contributed by atoms with Crippen LogP contribution in [0.4, 0.5) is 0 Å². The Labute approximate surface area is 171 Å². The van der Waals surface area contributed by atoms with Gasteiger partial charge in [-0.05, 0) is 37.5 Å². The number of fused-ring (bicyclic) bond motifs is 1. The summed E-state index contributed by atoms with van der Waals surface area (Å²) in [4.78, 5) is 16.4. The number of sulfone groups is 1. The van der Waals surface area contributed by atoms with Gasteiger partial charge in [0.05, 0.1) is 18.1 Å². The van der Waals surface area contributed by atoms with Crippen molar-refractivity contribution in [3.8, 4) is 11.5 Å². The third-order valence-corrected chi connectivity index (χ3v) is 6.46. The molecule has 10 heteroatoms. The summed E-state index contributed by atoms with van der Waals surface area (Å²) in [6, 6.07) is 5.61. The first kappa shape index (κ1) is 21.2. The van der Waals surface area contributed by atoms with Crippen LogP contribution in [0.2, 0.25) is 0 Å². The highest BCUT2D eigenvalue weighted by Gasteiger charge is 2.28. The zero-order chi connectivity index (χ0) is 20.7. The molecule has 2 aliphatic rings. The van der Waals surface area contributed by atoms with Gasteiger partial charge in [-0.1, -0.05) is 6.07 Å². The minimum absolute atomic E-state index is 0.0338. The first-order valence-electron chi connectivity index (χ1n) is 9.85. The van der Waals surface area contributed by atoms with Crippen molar-refractivity contribution in [2.75, 3.05) is 37.9 Å². The molecule has 3 rings (SSSR count). The lowest BCUT2D eigenvalue weighted by Gasteiger charge is -2.12. The van der Waals surface area contributed by atoms with Gasteiger partial charge < -0.3 is 25.4 Å². The van der Waals surface area contributed by atoms with E-state index in [1.54, 1.807) is 0 Å². The molecular weight excluding hydrogens is 396 g/mol. The zero-order valence-corrected chi connectivity index (χ0v) is 17.4. The van der Waals surface area contributed by atoms with E-state index >= 15 is 0 Å². The molecule has 0 aromatic heterocycles. The van der Waals surface area contributed by atoms with Gasteiger partial charge in [0.1, 0.15) is 0 Å². The largest absolute Gasteiger partial charge is 0.454 e. The maximum Gasteiger partial charge on any atom is 0.231 e. The molecule has 0 aliphatic carbocycles. The van der Waals surface area contributed by atoms with Gasteiger partial charge in [0.2, 0.25) is 12.7 Å². The quantitative estimate of drug-likeness (QED) is 0.403. The van der Waals surface area contributed by atoms with E-state index < -0.39 is 9.84 Å². The molecule has 1 unspecified atom stereocenters. The van der Waals surface area contributed by atoms with Gasteiger partial charge in [-0.25, -0.2) is 8.42 Å². The van der Waals surface area contributed by atoms with Crippen LogP contribution in [0.25, 0.3) is 0 Å². The lowest BCUT2D eigenvalue weighted by atomic mass is 10.1. The van der Waals surface area contributed by atoms with Crippen molar-refractivity contribution in [1.82, 2.24) is 16.0 Å². The summed E-state index contributed by atoms with van der Waals surface area (Å²) in [5.74, 6) is 2.19. The van der Waals surface area contributed by atoms with Crippen molar-refractivity contribution in [2.24, 2.45) is 4.99 Å². The summed E-state index contributed by atoms with van der Waals surface area (Å²) >= 11 is 0. The third kappa shape index (κ3) is 6.52. The maximum absolute atomic E-state index is 12.0. The van der Waals surface area contributed by atoms with Crippen LogP contribution in [0.15, 0.2) is 23.2 Å². The fourth-order valence-electron chi connectivity index (χ4n) is 3.24. The second-order valence-corrected chi connectivity index (χ2v) is 9.27. The molecule has 2 aliphatic heterocycles.